The van der Waals surface area contributed by atoms with Gasteiger partial charge in [-0.1, -0.05) is 6.42 Å². The molecule has 142 valence electrons. The molecule has 1 saturated heterocycles. The molecule has 7 heteroatoms. The molecule has 0 saturated carbocycles. The van der Waals surface area contributed by atoms with E-state index in [-0.39, 0.29) is 12.5 Å². The highest BCUT2D eigenvalue weighted by Gasteiger charge is 2.23. The molecule has 1 aliphatic heterocycles. The van der Waals surface area contributed by atoms with E-state index < -0.39 is 18.0 Å². The summed E-state index contributed by atoms with van der Waals surface area (Å²) in [6.07, 6.45) is 2.23. The average molecular weight is 362 g/mol. The number of anilines is 1. The number of carbonyl (C=O) groups excluding carboxylic acids is 3. The summed E-state index contributed by atoms with van der Waals surface area (Å²) >= 11 is 0. The Bertz CT molecular complexity index is 629. The zero-order valence-corrected chi connectivity index (χ0v) is 15.3. The molecular formula is C19H26N2O5. The van der Waals surface area contributed by atoms with Crippen LogP contribution in [0, 0.1) is 0 Å². The molecule has 0 bridgehead atoms. The molecule has 1 fully saturated rings. The van der Waals surface area contributed by atoms with Crippen LogP contribution in [0.3, 0.4) is 0 Å². The molecule has 0 aliphatic carbocycles. The molecule has 0 radical (unpaired) electrons. The molecule has 0 spiro atoms. The molecule has 1 aromatic rings. The van der Waals surface area contributed by atoms with Gasteiger partial charge in [0, 0.05) is 18.7 Å². The van der Waals surface area contributed by atoms with Crippen LogP contribution in [0.1, 0.15) is 39.5 Å². The van der Waals surface area contributed by atoms with Crippen LogP contribution in [-0.2, 0) is 19.1 Å². The molecule has 2 amide bonds. The molecule has 7 nitrogen and oxygen atoms in total. The Kier molecular flexibility index (Phi) is 7.44. The molecule has 0 unspecified atom stereocenters. The molecule has 2 rings (SSSR count). The number of likely N-dealkylation sites (tertiary alicyclic amines) is 1. The number of benzene rings is 1. The Hall–Kier alpha value is -2.57. The molecule has 1 N–H and O–H groups in total. The number of ether oxygens (including phenoxy) is 2. The number of nitrogens with one attached hydrogen (secondary N) is 1. The second kappa shape index (κ2) is 9.79. The lowest BCUT2D eigenvalue weighted by atomic mass is 10.2. The van der Waals surface area contributed by atoms with Crippen LogP contribution in [0.4, 0.5) is 5.69 Å². The van der Waals surface area contributed by atoms with E-state index in [9.17, 15) is 14.4 Å². The van der Waals surface area contributed by atoms with Gasteiger partial charge in [-0.3, -0.25) is 14.4 Å². The monoisotopic (exact) mass is 362 g/mol. The van der Waals surface area contributed by atoms with Gasteiger partial charge in [0.25, 0.3) is 5.91 Å². The molecule has 1 heterocycles. The standard InChI is InChI=1S/C19H26N2O5/c1-3-25-16-10-8-15(9-11-16)20-19(24)14(2)26-18(23)13-21-12-6-4-5-7-17(21)22/h8-11,14H,3-7,12-13H2,1-2H3,(H,20,24)/t14-/m0/s1. The van der Waals surface area contributed by atoms with Crippen LogP contribution in [0.2, 0.25) is 0 Å². The van der Waals surface area contributed by atoms with Crippen molar-refractivity contribution in [3.63, 3.8) is 0 Å². The first-order valence-electron chi connectivity index (χ1n) is 9.00. The van der Waals surface area contributed by atoms with Gasteiger partial charge < -0.3 is 19.7 Å². The maximum absolute atomic E-state index is 12.2. The Labute approximate surface area is 153 Å². The van der Waals surface area contributed by atoms with Crippen LogP contribution >= 0.6 is 0 Å². The van der Waals surface area contributed by atoms with Gasteiger partial charge in [-0.15, -0.1) is 0 Å². The Balaban J connectivity index is 1.81. The average Bonchev–Trinajstić information content (AvgIpc) is 2.81. The fourth-order valence-electron chi connectivity index (χ4n) is 2.69. The van der Waals surface area contributed by atoms with Crippen molar-refractivity contribution in [2.24, 2.45) is 0 Å². The first-order chi connectivity index (χ1) is 12.5. The highest BCUT2D eigenvalue weighted by Crippen LogP contribution is 2.16. The fraction of sp³-hybridized carbons (Fsp3) is 0.526. The van der Waals surface area contributed by atoms with Crippen molar-refractivity contribution in [2.75, 3.05) is 25.0 Å². The van der Waals surface area contributed by atoms with Crippen LogP contribution in [-0.4, -0.2) is 48.5 Å². The summed E-state index contributed by atoms with van der Waals surface area (Å²) in [7, 11) is 0. The van der Waals surface area contributed by atoms with Gasteiger partial charge in [0.05, 0.1) is 6.61 Å². The minimum Gasteiger partial charge on any atom is -0.494 e. The summed E-state index contributed by atoms with van der Waals surface area (Å²) < 4.78 is 10.5. The maximum atomic E-state index is 12.2. The predicted octanol–water partition coefficient (Wildman–Crippen LogP) is 2.36. The number of hydrogen-bond acceptors (Lipinski definition) is 5. The Morgan fingerprint density at radius 1 is 1.19 bits per heavy atom. The number of amides is 2. The van der Waals surface area contributed by atoms with E-state index >= 15 is 0 Å². The SMILES string of the molecule is CCOc1ccc(NC(=O)[C@H](C)OC(=O)CN2CCCCCC2=O)cc1. The van der Waals surface area contributed by atoms with Crippen molar-refractivity contribution in [2.45, 2.75) is 45.6 Å². The molecule has 1 aliphatic rings. The largest absolute Gasteiger partial charge is 0.494 e. The van der Waals surface area contributed by atoms with Crippen molar-refractivity contribution >= 4 is 23.5 Å². The van der Waals surface area contributed by atoms with Gasteiger partial charge >= 0.3 is 5.97 Å². The van der Waals surface area contributed by atoms with Gasteiger partial charge in [-0.25, -0.2) is 0 Å². The molecule has 26 heavy (non-hydrogen) atoms. The van der Waals surface area contributed by atoms with Gasteiger partial charge in [-0.05, 0) is 51.0 Å². The lowest BCUT2D eigenvalue weighted by Gasteiger charge is -2.20. The lowest BCUT2D eigenvalue weighted by molar-refractivity contribution is -0.156. The van der Waals surface area contributed by atoms with Crippen LogP contribution in [0.5, 0.6) is 5.75 Å². The van der Waals surface area contributed by atoms with E-state index in [4.69, 9.17) is 9.47 Å². The second-order valence-electron chi connectivity index (χ2n) is 6.20. The fourth-order valence-corrected chi connectivity index (χ4v) is 2.69. The number of hydrogen-bond donors (Lipinski definition) is 1. The topological polar surface area (TPSA) is 84.9 Å². The summed E-state index contributed by atoms with van der Waals surface area (Å²) in [4.78, 5) is 37.6. The summed E-state index contributed by atoms with van der Waals surface area (Å²) in [5.74, 6) is -0.322. The first-order valence-corrected chi connectivity index (χ1v) is 9.00. The van der Waals surface area contributed by atoms with Gasteiger partial charge in [0.1, 0.15) is 12.3 Å². The third-order valence-corrected chi connectivity index (χ3v) is 4.10. The van der Waals surface area contributed by atoms with Gasteiger partial charge in [0.2, 0.25) is 5.91 Å². The molecule has 1 aromatic carbocycles. The van der Waals surface area contributed by atoms with E-state index in [0.29, 0.717) is 31.0 Å². The van der Waals surface area contributed by atoms with E-state index in [0.717, 1.165) is 19.3 Å². The highest BCUT2D eigenvalue weighted by molar-refractivity contribution is 5.95. The third-order valence-electron chi connectivity index (χ3n) is 4.10. The first kappa shape index (κ1) is 19.8. The number of rotatable bonds is 7. The summed E-state index contributed by atoms with van der Waals surface area (Å²) in [6.45, 7) is 4.41. The zero-order valence-electron chi connectivity index (χ0n) is 15.3. The number of carbonyl (C=O) groups is 3. The van der Waals surface area contributed by atoms with Crippen molar-refractivity contribution in [3.8, 4) is 5.75 Å². The van der Waals surface area contributed by atoms with E-state index in [1.165, 1.54) is 11.8 Å². The van der Waals surface area contributed by atoms with Crippen molar-refractivity contribution in [1.82, 2.24) is 4.90 Å². The minimum absolute atomic E-state index is 0.0362. The quantitative estimate of drug-likeness (QED) is 0.753. The molecule has 0 aromatic heterocycles. The predicted molar refractivity (Wildman–Crippen MR) is 96.8 cm³/mol. The third kappa shape index (κ3) is 6.06. The molecule has 1 atom stereocenters. The molecular weight excluding hydrogens is 336 g/mol. The van der Waals surface area contributed by atoms with Crippen LogP contribution in [0.15, 0.2) is 24.3 Å². The summed E-state index contributed by atoms with van der Waals surface area (Å²) in [5, 5.41) is 2.69. The maximum Gasteiger partial charge on any atom is 0.326 e. The number of esters is 1. The van der Waals surface area contributed by atoms with E-state index in [1.54, 1.807) is 24.3 Å². The van der Waals surface area contributed by atoms with Crippen LogP contribution in [0.25, 0.3) is 0 Å². The number of nitrogens with zero attached hydrogens (tertiary/aromatic N) is 1. The summed E-state index contributed by atoms with van der Waals surface area (Å²) in [6, 6.07) is 6.93. The van der Waals surface area contributed by atoms with Crippen LogP contribution < -0.4 is 10.1 Å². The van der Waals surface area contributed by atoms with E-state index in [2.05, 4.69) is 5.32 Å². The minimum atomic E-state index is -0.948. The van der Waals surface area contributed by atoms with Crippen molar-refractivity contribution in [3.05, 3.63) is 24.3 Å². The van der Waals surface area contributed by atoms with Crippen molar-refractivity contribution < 1.29 is 23.9 Å². The normalized spacial score (nSPS) is 15.8. The van der Waals surface area contributed by atoms with E-state index in [1.807, 2.05) is 6.92 Å². The smallest absolute Gasteiger partial charge is 0.326 e. The van der Waals surface area contributed by atoms with Gasteiger partial charge in [0.15, 0.2) is 6.10 Å². The lowest BCUT2D eigenvalue weighted by Crippen LogP contribution is -2.38. The van der Waals surface area contributed by atoms with Gasteiger partial charge in [-0.2, -0.15) is 0 Å². The van der Waals surface area contributed by atoms with Crippen molar-refractivity contribution in [1.29, 1.82) is 0 Å². The second-order valence-corrected chi connectivity index (χ2v) is 6.20. The Morgan fingerprint density at radius 3 is 2.62 bits per heavy atom. The zero-order chi connectivity index (χ0) is 18.9. The highest BCUT2D eigenvalue weighted by atomic mass is 16.5. The Morgan fingerprint density at radius 2 is 1.92 bits per heavy atom. The summed E-state index contributed by atoms with van der Waals surface area (Å²) in [5.41, 5.74) is 0.587.